The molecule has 0 amide bonds. The fourth-order valence-electron chi connectivity index (χ4n) is 1.81. The van der Waals surface area contributed by atoms with Gasteiger partial charge in [-0.1, -0.05) is 15.9 Å². The van der Waals surface area contributed by atoms with Gasteiger partial charge in [0.05, 0.1) is 22.9 Å². The Hall–Kier alpha value is -2.13. The molecule has 1 aromatic heterocycles. The Bertz CT molecular complexity index is 699. The molecule has 6 heteroatoms. The molecular formula is C13H9BrN2O3. The van der Waals surface area contributed by atoms with Gasteiger partial charge in [-0.25, -0.2) is 0 Å². The lowest BCUT2D eigenvalue weighted by Crippen LogP contribution is -2.17. The summed E-state index contributed by atoms with van der Waals surface area (Å²) in [7, 11) is 0. The van der Waals surface area contributed by atoms with Gasteiger partial charge in [-0.05, 0) is 18.2 Å². The molecule has 0 fully saturated rings. The van der Waals surface area contributed by atoms with Gasteiger partial charge in [-0.2, -0.15) is 5.26 Å². The molecule has 96 valence electrons. The van der Waals surface area contributed by atoms with Crippen LogP contribution in [0.15, 0.2) is 24.4 Å². The van der Waals surface area contributed by atoms with Crippen LogP contribution >= 0.6 is 15.9 Å². The number of nitrogens with one attached hydrogen (secondary N) is 1. The maximum absolute atomic E-state index is 12.1. The van der Waals surface area contributed by atoms with Gasteiger partial charge < -0.3 is 10.1 Å². The highest BCUT2D eigenvalue weighted by molar-refractivity contribution is 9.10. The number of rotatable bonds is 4. The highest BCUT2D eigenvalue weighted by Crippen LogP contribution is 2.23. The number of fused-ring (bicyclic) bond motifs is 1. The first-order chi connectivity index (χ1) is 9.02. The third kappa shape index (κ3) is 2.66. The van der Waals surface area contributed by atoms with Crippen molar-refractivity contribution in [2.45, 2.75) is 11.2 Å². The first-order valence-corrected chi connectivity index (χ1v) is 6.36. The minimum atomic E-state index is -1.05. The van der Waals surface area contributed by atoms with Gasteiger partial charge in [-0.15, -0.1) is 0 Å². The molecule has 0 aliphatic rings. The second-order valence-corrected chi connectivity index (χ2v) is 5.11. The highest BCUT2D eigenvalue weighted by atomic mass is 79.9. The van der Waals surface area contributed by atoms with Crippen molar-refractivity contribution in [2.75, 3.05) is 0 Å². The van der Waals surface area contributed by atoms with E-state index in [1.165, 1.54) is 6.20 Å². The molecule has 0 bridgehead atoms. The number of aliphatic carboxylic acids is 1. The summed E-state index contributed by atoms with van der Waals surface area (Å²) >= 11 is 3.08. The standard InChI is InChI=1S/C13H9BrN2O3/c14-10(4-12(17)18)13(19)9-6-16-11-2-1-7(5-15)3-8(9)11/h1-3,6,10,16H,4H2,(H,17,18). The van der Waals surface area contributed by atoms with Crippen molar-refractivity contribution in [2.24, 2.45) is 0 Å². The van der Waals surface area contributed by atoms with Gasteiger partial charge in [0.15, 0.2) is 5.78 Å². The number of Topliss-reactive ketones (excluding diaryl/α,β-unsaturated/α-hetero) is 1. The summed E-state index contributed by atoms with van der Waals surface area (Å²) in [4.78, 5) is 24.9. The van der Waals surface area contributed by atoms with Crippen molar-refractivity contribution >= 4 is 38.6 Å². The van der Waals surface area contributed by atoms with Crippen molar-refractivity contribution in [3.8, 4) is 6.07 Å². The third-order valence-corrected chi connectivity index (χ3v) is 3.45. The van der Waals surface area contributed by atoms with Crippen molar-refractivity contribution in [3.05, 3.63) is 35.5 Å². The quantitative estimate of drug-likeness (QED) is 0.668. The predicted octanol–water partition coefficient (Wildman–Crippen LogP) is 2.46. The van der Waals surface area contributed by atoms with Gasteiger partial charge in [0, 0.05) is 22.7 Å². The first kappa shape index (κ1) is 13.3. The molecule has 0 aliphatic carbocycles. The zero-order valence-electron chi connectivity index (χ0n) is 9.68. The van der Waals surface area contributed by atoms with Gasteiger partial charge in [0.1, 0.15) is 0 Å². The van der Waals surface area contributed by atoms with Crippen LogP contribution in [0.25, 0.3) is 10.9 Å². The Labute approximate surface area is 117 Å². The Morgan fingerprint density at radius 1 is 1.47 bits per heavy atom. The monoisotopic (exact) mass is 320 g/mol. The fourth-order valence-corrected chi connectivity index (χ4v) is 2.33. The van der Waals surface area contributed by atoms with E-state index < -0.39 is 10.8 Å². The van der Waals surface area contributed by atoms with Crippen LogP contribution in [0, 0.1) is 11.3 Å². The first-order valence-electron chi connectivity index (χ1n) is 5.44. The summed E-state index contributed by atoms with van der Waals surface area (Å²) in [5, 5.41) is 18.2. The number of benzene rings is 1. The van der Waals surface area contributed by atoms with E-state index in [1.54, 1.807) is 18.2 Å². The lowest BCUT2D eigenvalue weighted by molar-refractivity contribution is -0.136. The van der Waals surface area contributed by atoms with E-state index in [4.69, 9.17) is 10.4 Å². The molecule has 5 nitrogen and oxygen atoms in total. The van der Waals surface area contributed by atoms with E-state index in [2.05, 4.69) is 20.9 Å². The number of carbonyl (C=O) groups is 2. The van der Waals surface area contributed by atoms with E-state index >= 15 is 0 Å². The van der Waals surface area contributed by atoms with Crippen LogP contribution in [-0.4, -0.2) is 26.7 Å². The molecule has 0 radical (unpaired) electrons. The highest BCUT2D eigenvalue weighted by Gasteiger charge is 2.22. The Morgan fingerprint density at radius 2 is 2.21 bits per heavy atom. The molecule has 1 heterocycles. The second kappa shape index (κ2) is 5.24. The Kier molecular flexibility index (Phi) is 3.67. The average molecular weight is 321 g/mol. The van der Waals surface area contributed by atoms with Crippen molar-refractivity contribution in [1.82, 2.24) is 4.98 Å². The number of hydrogen-bond donors (Lipinski definition) is 2. The third-order valence-electron chi connectivity index (χ3n) is 2.71. The van der Waals surface area contributed by atoms with Gasteiger partial charge >= 0.3 is 5.97 Å². The molecule has 1 aromatic carbocycles. The lowest BCUT2D eigenvalue weighted by Gasteiger charge is -2.04. The van der Waals surface area contributed by atoms with Crippen molar-refractivity contribution < 1.29 is 14.7 Å². The number of halogens is 1. The number of carbonyl (C=O) groups excluding carboxylic acids is 1. The van der Waals surface area contributed by atoms with Crippen LogP contribution < -0.4 is 0 Å². The molecule has 0 aliphatic heterocycles. The maximum Gasteiger partial charge on any atom is 0.304 e. The zero-order valence-corrected chi connectivity index (χ0v) is 11.3. The number of ketones is 1. The molecular weight excluding hydrogens is 312 g/mol. The molecule has 0 saturated heterocycles. The summed E-state index contributed by atoms with van der Waals surface area (Å²) in [5.41, 5.74) is 1.57. The lowest BCUT2D eigenvalue weighted by atomic mass is 10.0. The van der Waals surface area contributed by atoms with Crippen molar-refractivity contribution in [1.29, 1.82) is 5.26 Å². The number of hydrogen-bond acceptors (Lipinski definition) is 3. The van der Waals surface area contributed by atoms with E-state index in [0.29, 0.717) is 16.5 Å². The minimum Gasteiger partial charge on any atom is -0.481 e. The van der Waals surface area contributed by atoms with E-state index in [9.17, 15) is 9.59 Å². The SMILES string of the molecule is N#Cc1ccc2[nH]cc(C(=O)C(Br)CC(=O)O)c2c1. The predicted molar refractivity (Wildman–Crippen MR) is 72.3 cm³/mol. The van der Waals surface area contributed by atoms with Crippen LogP contribution in [0.4, 0.5) is 0 Å². The van der Waals surface area contributed by atoms with Gasteiger partial charge in [-0.3, -0.25) is 9.59 Å². The number of carboxylic acids is 1. The number of carboxylic acid groups (broad SMARTS) is 1. The Morgan fingerprint density at radius 3 is 2.84 bits per heavy atom. The molecule has 2 N–H and O–H groups in total. The molecule has 2 aromatic rings. The maximum atomic E-state index is 12.1. The molecule has 19 heavy (non-hydrogen) atoms. The van der Waals surface area contributed by atoms with Gasteiger partial charge in [0.25, 0.3) is 0 Å². The van der Waals surface area contributed by atoms with Crippen LogP contribution in [-0.2, 0) is 4.79 Å². The van der Waals surface area contributed by atoms with Crippen LogP contribution in [0.2, 0.25) is 0 Å². The second-order valence-electron chi connectivity index (χ2n) is 4.00. The summed E-state index contributed by atoms with van der Waals surface area (Å²) in [6.07, 6.45) is 1.24. The van der Waals surface area contributed by atoms with Crippen molar-refractivity contribution in [3.63, 3.8) is 0 Å². The summed E-state index contributed by atoms with van der Waals surface area (Å²) in [5.74, 6) is -1.36. The number of nitrogens with zero attached hydrogens (tertiary/aromatic N) is 1. The summed E-state index contributed by atoms with van der Waals surface area (Å²) in [6.45, 7) is 0. The zero-order chi connectivity index (χ0) is 14.0. The minimum absolute atomic E-state index is 0.288. The van der Waals surface area contributed by atoms with Gasteiger partial charge in [0.2, 0.25) is 0 Å². The normalized spacial score (nSPS) is 12.0. The van der Waals surface area contributed by atoms with Crippen LogP contribution in [0.1, 0.15) is 22.3 Å². The largest absolute Gasteiger partial charge is 0.481 e. The number of aromatic amines is 1. The van der Waals surface area contributed by atoms with E-state index in [0.717, 1.165) is 5.52 Å². The molecule has 1 atom stereocenters. The summed E-state index contributed by atoms with van der Waals surface area (Å²) < 4.78 is 0. The smallest absolute Gasteiger partial charge is 0.304 e. The number of alkyl halides is 1. The summed E-state index contributed by atoms with van der Waals surface area (Å²) in [6, 6.07) is 6.98. The van der Waals surface area contributed by atoms with Crippen LogP contribution in [0.5, 0.6) is 0 Å². The number of nitriles is 1. The Balaban J connectivity index is 2.42. The fraction of sp³-hybridized carbons (Fsp3) is 0.154. The number of aromatic nitrogens is 1. The molecule has 1 unspecified atom stereocenters. The van der Waals surface area contributed by atoms with E-state index in [1.807, 2.05) is 6.07 Å². The average Bonchev–Trinajstić information content (AvgIpc) is 2.79. The molecule has 0 spiro atoms. The van der Waals surface area contributed by atoms with Crippen LogP contribution in [0.3, 0.4) is 0 Å². The molecule has 2 rings (SSSR count). The number of H-pyrrole nitrogens is 1. The van der Waals surface area contributed by atoms with E-state index in [-0.39, 0.29) is 12.2 Å². The molecule has 0 saturated carbocycles. The topological polar surface area (TPSA) is 94.0 Å².